The van der Waals surface area contributed by atoms with Crippen LogP contribution in [0, 0.1) is 6.92 Å². The first-order chi connectivity index (χ1) is 9.85. The molecule has 0 saturated carbocycles. The predicted molar refractivity (Wildman–Crippen MR) is 83.6 cm³/mol. The molecule has 2 rings (SSSR count). The Morgan fingerprint density at radius 2 is 2.10 bits per heavy atom. The summed E-state index contributed by atoms with van der Waals surface area (Å²) in [5.41, 5.74) is 1.80. The lowest BCUT2D eigenvalue weighted by molar-refractivity contribution is 0.246. The van der Waals surface area contributed by atoms with Crippen LogP contribution in [-0.4, -0.2) is 10.7 Å². The summed E-state index contributed by atoms with van der Waals surface area (Å²) in [4.78, 5) is 0. The van der Waals surface area contributed by atoms with Crippen molar-refractivity contribution in [3.63, 3.8) is 0 Å². The SMILES string of the molecule is Cc1cc(COc2cccc(Cl)c2CNC(C)(C)C)on1. The number of ether oxygens (including phenoxy) is 1. The van der Waals surface area contributed by atoms with Gasteiger partial charge in [0.2, 0.25) is 0 Å². The largest absolute Gasteiger partial charge is 0.485 e. The highest BCUT2D eigenvalue weighted by Crippen LogP contribution is 2.27. The van der Waals surface area contributed by atoms with E-state index in [1.54, 1.807) is 0 Å². The fraction of sp³-hybridized carbons (Fsp3) is 0.438. The molecule has 0 aliphatic carbocycles. The molecule has 0 spiro atoms. The van der Waals surface area contributed by atoms with Gasteiger partial charge in [-0.15, -0.1) is 0 Å². The van der Waals surface area contributed by atoms with Crippen molar-refractivity contribution in [2.24, 2.45) is 0 Å². The Bertz CT molecular complexity index is 603. The van der Waals surface area contributed by atoms with E-state index in [1.165, 1.54) is 0 Å². The molecule has 0 atom stereocenters. The molecule has 0 fully saturated rings. The number of hydrogen-bond donors (Lipinski definition) is 1. The van der Waals surface area contributed by atoms with Crippen LogP contribution in [0.5, 0.6) is 5.75 Å². The molecule has 1 aromatic carbocycles. The van der Waals surface area contributed by atoms with Gasteiger partial charge in [0.1, 0.15) is 12.4 Å². The first kappa shape index (κ1) is 15.9. The van der Waals surface area contributed by atoms with Gasteiger partial charge < -0.3 is 14.6 Å². The Labute approximate surface area is 130 Å². The maximum Gasteiger partial charge on any atom is 0.174 e. The van der Waals surface area contributed by atoms with Crippen LogP contribution in [0.1, 0.15) is 37.8 Å². The topological polar surface area (TPSA) is 47.3 Å². The van der Waals surface area contributed by atoms with Crippen LogP contribution in [0.25, 0.3) is 0 Å². The molecule has 0 aliphatic rings. The molecule has 0 saturated heterocycles. The van der Waals surface area contributed by atoms with E-state index in [4.69, 9.17) is 20.9 Å². The average Bonchev–Trinajstić information content (AvgIpc) is 2.80. The number of halogens is 1. The van der Waals surface area contributed by atoms with E-state index in [2.05, 4.69) is 31.2 Å². The molecule has 0 unspecified atom stereocenters. The second-order valence-corrected chi connectivity index (χ2v) is 6.45. The van der Waals surface area contributed by atoms with E-state index in [9.17, 15) is 0 Å². The Morgan fingerprint density at radius 3 is 2.71 bits per heavy atom. The van der Waals surface area contributed by atoms with Crippen LogP contribution >= 0.6 is 11.6 Å². The normalized spacial score (nSPS) is 11.7. The average molecular weight is 309 g/mol. The number of hydrogen-bond acceptors (Lipinski definition) is 4. The molecule has 0 amide bonds. The minimum absolute atomic E-state index is 0.0124. The van der Waals surface area contributed by atoms with Gasteiger partial charge in [0.15, 0.2) is 5.76 Å². The monoisotopic (exact) mass is 308 g/mol. The van der Waals surface area contributed by atoms with Crippen molar-refractivity contribution in [1.29, 1.82) is 0 Å². The molecule has 114 valence electrons. The van der Waals surface area contributed by atoms with Gasteiger partial charge in [-0.3, -0.25) is 0 Å². The molecule has 0 aliphatic heterocycles. The van der Waals surface area contributed by atoms with Gasteiger partial charge in [-0.2, -0.15) is 0 Å². The highest BCUT2D eigenvalue weighted by atomic mass is 35.5. The highest BCUT2D eigenvalue weighted by Gasteiger charge is 2.14. The lowest BCUT2D eigenvalue weighted by atomic mass is 10.1. The Balaban J connectivity index is 2.09. The van der Waals surface area contributed by atoms with Crippen molar-refractivity contribution < 1.29 is 9.26 Å². The second-order valence-electron chi connectivity index (χ2n) is 6.04. The Hall–Kier alpha value is -1.52. The van der Waals surface area contributed by atoms with Crippen molar-refractivity contribution >= 4 is 11.6 Å². The van der Waals surface area contributed by atoms with Gasteiger partial charge in [-0.25, -0.2) is 0 Å². The van der Waals surface area contributed by atoms with Gasteiger partial charge in [0.05, 0.1) is 5.69 Å². The third kappa shape index (κ3) is 4.76. The molecule has 0 radical (unpaired) electrons. The van der Waals surface area contributed by atoms with Crippen LogP contribution in [0.2, 0.25) is 5.02 Å². The van der Waals surface area contributed by atoms with E-state index in [0.717, 1.165) is 17.0 Å². The summed E-state index contributed by atoms with van der Waals surface area (Å²) in [6.45, 7) is 9.20. The van der Waals surface area contributed by atoms with Gasteiger partial charge >= 0.3 is 0 Å². The van der Waals surface area contributed by atoms with Crippen molar-refractivity contribution in [3.8, 4) is 5.75 Å². The molecule has 1 aromatic heterocycles. The third-order valence-corrected chi connectivity index (χ3v) is 3.27. The van der Waals surface area contributed by atoms with Crippen LogP contribution in [0.4, 0.5) is 0 Å². The van der Waals surface area contributed by atoms with Gasteiger partial charge in [-0.05, 0) is 39.8 Å². The van der Waals surface area contributed by atoms with Crippen molar-refractivity contribution in [2.45, 2.75) is 46.4 Å². The lowest BCUT2D eigenvalue weighted by Crippen LogP contribution is -2.35. The summed E-state index contributed by atoms with van der Waals surface area (Å²) in [5, 5.41) is 7.96. The van der Waals surface area contributed by atoms with Gasteiger partial charge in [0, 0.05) is 28.7 Å². The fourth-order valence-corrected chi connectivity index (χ4v) is 2.07. The number of nitrogens with zero attached hydrogens (tertiary/aromatic N) is 1. The third-order valence-electron chi connectivity index (χ3n) is 2.92. The fourth-order valence-electron chi connectivity index (χ4n) is 1.83. The molecule has 5 heteroatoms. The summed E-state index contributed by atoms with van der Waals surface area (Å²) in [6.07, 6.45) is 0. The standard InChI is InChI=1S/C16H21ClN2O2/c1-11-8-12(21-19-11)10-20-15-7-5-6-14(17)13(15)9-18-16(2,3)4/h5-8,18H,9-10H2,1-4H3. The minimum atomic E-state index is 0.0124. The van der Waals surface area contributed by atoms with Gasteiger partial charge in [-0.1, -0.05) is 22.8 Å². The molecule has 0 bridgehead atoms. The quantitative estimate of drug-likeness (QED) is 0.903. The summed E-state index contributed by atoms with van der Waals surface area (Å²) in [5.74, 6) is 1.45. The zero-order valence-electron chi connectivity index (χ0n) is 12.9. The summed E-state index contributed by atoms with van der Waals surface area (Å²) < 4.78 is 11.0. The smallest absolute Gasteiger partial charge is 0.174 e. The van der Waals surface area contributed by atoms with Crippen molar-refractivity contribution in [2.75, 3.05) is 0 Å². The minimum Gasteiger partial charge on any atom is -0.485 e. The summed E-state index contributed by atoms with van der Waals surface area (Å²) in [6, 6.07) is 7.52. The molecule has 2 aromatic rings. The van der Waals surface area contributed by atoms with Crippen LogP contribution in [-0.2, 0) is 13.2 Å². The zero-order chi connectivity index (χ0) is 15.5. The van der Waals surface area contributed by atoms with E-state index in [-0.39, 0.29) is 5.54 Å². The van der Waals surface area contributed by atoms with E-state index < -0.39 is 0 Å². The van der Waals surface area contributed by atoms with Crippen LogP contribution < -0.4 is 10.1 Å². The highest BCUT2D eigenvalue weighted by molar-refractivity contribution is 6.31. The maximum absolute atomic E-state index is 6.29. The number of aromatic nitrogens is 1. The molecular weight excluding hydrogens is 288 g/mol. The second kappa shape index (κ2) is 6.50. The van der Waals surface area contributed by atoms with Gasteiger partial charge in [0.25, 0.3) is 0 Å². The molecule has 1 heterocycles. The first-order valence-corrected chi connectivity index (χ1v) is 7.30. The predicted octanol–water partition coefficient (Wildman–Crippen LogP) is 4.10. The summed E-state index contributed by atoms with van der Waals surface area (Å²) >= 11 is 6.29. The Kier molecular flexibility index (Phi) is 4.91. The maximum atomic E-state index is 6.29. The first-order valence-electron chi connectivity index (χ1n) is 6.92. The van der Waals surface area contributed by atoms with Crippen molar-refractivity contribution in [3.05, 3.63) is 46.3 Å². The van der Waals surface area contributed by atoms with Crippen LogP contribution in [0.3, 0.4) is 0 Å². The zero-order valence-corrected chi connectivity index (χ0v) is 13.6. The lowest BCUT2D eigenvalue weighted by Gasteiger charge is -2.22. The molecule has 1 N–H and O–H groups in total. The van der Waals surface area contributed by atoms with E-state index in [1.807, 2.05) is 31.2 Å². The molecule has 21 heavy (non-hydrogen) atoms. The van der Waals surface area contributed by atoms with Crippen molar-refractivity contribution in [1.82, 2.24) is 10.5 Å². The number of benzene rings is 1. The van der Waals surface area contributed by atoms with Crippen LogP contribution in [0.15, 0.2) is 28.8 Å². The van der Waals surface area contributed by atoms with E-state index in [0.29, 0.717) is 23.9 Å². The Morgan fingerprint density at radius 1 is 1.33 bits per heavy atom. The molecular formula is C16H21ClN2O2. The summed E-state index contributed by atoms with van der Waals surface area (Å²) in [7, 11) is 0. The number of rotatable bonds is 5. The van der Waals surface area contributed by atoms with E-state index >= 15 is 0 Å². The molecule has 4 nitrogen and oxygen atoms in total. The number of aryl methyl sites for hydroxylation is 1. The number of nitrogens with one attached hydrogen (secondary N) is 1.